The minimum absolute atomic E-state index is 0.0261. The molecular formula is C19H22FN3O. The molecule has 0 aromatic heterocycles. The second-order valence-electron chi connectivity index (χ2n) is 6.38. The molecule has 0 saturated carbocycles. The summed E-state index contributed by atoms with van der Waals surface area (Å²) in [6.45, 7) is 4.13. The molecular weight excluding hydrogens is 305 g/mol. The number of anilines is 3. The van der Waals surface area contributed by atoms with Crippen LogP contribution in [0.4, 0.5) is 21.5 Å². The molecule has 3 N–H and O–H groups in total. The Morgan fingerprint density at radius 1 is 1.21 bits per heavy atom. The first-order valence-electron chi connectivity index (χ1n) is 8.25. The van der Waals surface area contributed by atoms with Crippen molar-refractivity contribution in [1.82, 2.24) is 0 Å². The van der Waals surface area contributed by atoms with Crippen molar-refractivity contribution in [3.05, 3.63) is 53.8 Å². The third-order valence-corrected chi connectivity index (χ3v) is 4.51. The molecule has 0 spiro atoms. The Morgan fingerprint density at radius 2 is 1.92 bits per heavy atom. The number of amides is 1. The van der Waals surface area contributed by atoms with Crippen molar-refractivity contribution in [2.24, 2.45) is 5.92 Å². The van der Waals surface area contributed by atoms with Gasteiger partial charge in [-0.2, -0.15) is 0 Å². The first-order valence-corrected chi connectivity index (χ1v) is 8.25. The molecule has 2 aromatic carbocycles. The first kappa shape index (κ1) is 16.3. The maximum absolute atomic E-state index is 13.8. The summed E-state index contributed by atoms with van der Waals surface area (Å²) < 4.78 is 13.8. The standard InChI is InChI=1S/C19H22FN3O/c1-13-8-10-23(11-9-13)18-7-6-14(21)12-17(18)22-19(24)15-4-2-3-5-16(15)20/h2-7,12-13H,8-11,21H2,1H3,(H,22,24). The second kappa shape index (κ2) is 6.91. The van der Waals surface area contributed by atoms with E-state index in [2.05, 4.69) is 17.1 Å². The molecule has 2 aromatic rings. The van der Waals surface area contributed by atoms with E-state index in [1.807, 2.05) is 12.1 Å². The van der Waals surface area contributed by atoms with Gasteiger partial charge in [0.05, 0.1) is 16.9 Å². The van der Waals surface area contributed by atoms with Crippen LogP contribution in [-0.2, 0) is 0 Å². The van der Waals surface area contributed by atoms with Gasteiger partial charge in [-0.3, -0.25) is 4.79 Å². The zero-order valence-corrected chi connectivity index (χ0v) is 13.8. The number of piperidine rings is 1. The van der Waals surface area contributed by atoms with Gasteiger partial charge in [0.25, 0.3) is 5.91 Å². The van der Waals surface area contributed by atoms with Gasteiger partial charge >= 0.3 is 0 Å². The SMILES string of the molecule is CC1CCN(c2ccc(N)cc2NC(=O)c2ccccc2F)CC1. The lowest BCUT2D eigenvalue weighted by Crippen LogP contribution is -2.33. The molecule has 0 radical (unpaired) electrons. The number of benzene rings is 2. The highest BCUT2D eigenvalue weighted by Crippen LogP contribution is 2.32. The summed E-state index contributed by atoms with van der Waals surface area (Å²) in [5, 5.41) is 2.82. The fourth-order valence-electron chi connectivity index (χ4n) is 3.01. The molecule has 3 rings (SSSR count). The van der Waals surface area contributed by atoms with Crippen molar-refractivity contribution in [2.45, 2.75) is 19.8 Å². The predicted octanol–water partition coefficient (Wildman–Crippen LogP) is 3.90. The van der Waals surface area contributed by atoms with Crippen LogP contribution >= 0.6 is 0 Å². The van der Waals surface area contributed by atoms with Crippen LogP contribution in [0.5, 0.6) is 0 Å². The number of nitrogens with one attached hydrogen (secondary N) is 1. The Labute approximate surface area is 141 Å². The molecule has 1 saturated heterocycles. The summed E-state index contributed by atoms with van der Waals surface area (Å²) in [6.07, 6.45) is 2.23. The van der Waals surface area contributed by atoms with Gasteiger partial charge in [0.15, 0.2) is 0 Å². The van der Waals surface area contributed by atoms with Gasteiger partial charge in [0, 0.05) is 18.8 Å². The largest absolute Gasteiger partial charge is 0.399 e. The summed E-state index contributed by atoms with van der Waals surface area (Å²) in [5.74, 6) is -0.288. The quantitative estimate of drug-likeness (QED) is 0.841. The maximum Gasteiger partial charge on any atom is 0.258 e. The molecule has 0 bridgehead atoms. The Morgan fingerprint density at radius 3 is 2.62 bits per heavy atom. The smallest absolute Gasteiger partial charge is 0.258 e. The van der Waals surface area contributed by atoms with Crippen LogP contribution in [0.25, 0.3) is 0 Å². The highest BCUT2D eigenvalue weighted by molar-refractivity contribution is 6.06. The van der Waals surface area contributed by atoms with Gasteiger partial charge in [-0.15, -0.1) is 0 Å². The van der Waals surface area contributed by atoms with E-state index in [4.69, 9.17) is 5.73 Å². The Hall–Kier alpha value is -2.56. The minimum Gasteiger partial charge on any atom is -0.399 e. The van der Waals surface area contributed by atoms with Crippen LogP contribution in [-0.4, -0.2) is 19.0 Å². The first-order chi connectivity index (χ1) is 11.5. The van der Waals surface area contributed by atoms with Gasteiger partial charge in [0.2, 0.25) is 0 Å². The molecule has 1 aliphatic rings. The van der Waals surface area contributed by atoms with Gasteiger partial charge in [-0.05, 0) is 49.1 Å². The average Bonchev–Trinajstić information content (AvgIpc) is 2.56. The molecule has 24 heavy (non-hydrogen) atoms. The topological polar surface area (TPSA) is 58.4 Å². The zero-order chi connectivity index (χ0) is 17.1. The molecule has 4 nitrogen and oxygen atoms in total. The lowest BCUT2D eigenvalue weighted by atomic mass is 9.98. The van der Waals surface area contributed by atoms with E-state index in [0.717, 1.165) is 31.6 Å². The summed E-state index contributed by atoms with van der Waals surface area (Å²) in [4.78, 5) is 14.7. The molecule has 0 aliphatic carbocycles. The number of nitrogens with two attached hydrogens (primary N) is 1. The normalized spacial score (nSPS) is 15.3. The van der Waals surface area contributed by atoms with E-state index in [1.54, 1.807) is 18.2 Å². The van der Waals surface area contributed by atoms with E-state index in [0.29, 0.717) is 17.3 Å². The van der Waals surface area contributed by atoms with Crippen LogP contribution < -0.4 is 16.0 Å². The van der Waals surface area contributed by atoms with Crippen molar-refractivity contribution in [2.75, 3.05) is 29.0 Å². The van der Waals surface area contributed by atoms with E-state index in [-0.39, 0.29) is 5.56 Å². The number of hydrogen-bond acceptors (Lipinski definition) is 3. The second-order valence-corrected chi connectivity index (χ2v) is 6.38. The average molecular weight is 327 g/mol. The van der Waals surface area contributed by atoms with Crippen LogP contribution in [0.2, 0.25) is 0 Å². The molecule has 0 unspecified atom stereocenters. The highest BCUT2D eigenvalue weighted by atomic mass is 19.1. The molecule has 1 fully saturated rings. The Bertz CT molecular complexity index is 739. The van der Waals surface area contributed by atoms with Crippen LogP contribution in [0.1, 0.15) is 30.1 Å². The van der Waals surface area contributed by atoms with Crippen LogP contribution in [0.3, 0.4) is 0 Å². The zero-order valence-electron chi connectivity index (χ0n) is 13.8. The van der Waals surface area contributed by atoms with Gasteiger partial charge < -0.3 is 16.0 Å². The van der Waals surface area contributed by atoms with Crippen molar-refractivity contribution in [3.63, 3.8) is 0 Å². The third kappa shape index (κ3) is 3.50. The maximum atomic E-state index is 13.8. The van der Waals surface area contributed by atoms with Crippen LogP contribution in [0.15, 0.2) is 42.5 Å². The molecule has 126 valence electrons. The van der Waals surface area contributed by atoms with Crippen molar-refractivity contribution in [1.29, 1.82) is 0 Å². The Kier molecular flexibility index (Phi) is 4.69. The fraction of sp³-hybridized carbons (Fsp3) is 0.316. The number of nitrogens with zero attached hydrogens (tertiary/aromatic N) is 1. The molecule has 1 amide bonds. The van der Waals surface area contributed by atoms with Crippen LogP contribution in [0, 0.1) is 11.7 Å². The molecule has 1 heterocycles. The molecule has 1 aliphatic heterocycles. The van der Waals surface area contributed by atoms with Crippen molar-refractivity contribution < 1.29 is 9.18 Å². The summed E-state index contributed by atoms with van der Waals surface area (Å²) in [6, 6.07) is 11.4. The fourth-order valence-corrected chi connectivity index (χ4v) is 3.01. The highest BCUT2D eigenvalue weighted by Gasteiger charge is 2.20. The van der Waals surface area contributed by atoms with Gasteiger partial charge in [0.1, 0.15) is 5.82 Å². The van der Waals surface area contributed by atoms with E-state index in [9.17, 15) is 9.18 Å². The number of halogens is 1. The number of nitrogen functional groups attached to an aromatic ring is 1. The van der Waals surface area contributed by atoms with Gasteiger partial charge in [-0.25, -0.2) is 4.39 Å². The van der Waals surface area contributed by atoms with Crippen molar-refractivity contribution in [3.8, 4) is 0 Å². The third-order valence-electron chi connectivity index (χ3n) is 4.51. The molecule has 0 atom stereocenters. The number of carbonyl (C=O) groups excluding carboxylic acids is 1. The van der Waals surface area contributed by atoms with E-state index in [1.165, 1.54) is 12.1 Å². The molecule has 5 heteroatoms. The lowest BCUT2D eigenvalue weighted by molar-refractivity contribution is 0.102. The summed E-state index contributed by atoms with van der Waals surface area (Å²) in [7, 11) is 0. The summed E-state index contributed by atoms with van der Waals surface area (Å²) in [5.41, 5.74) is 8.02. The van der Waals surface area contributed by atoms with E-state index < -0.39 is 11.7 Å². The number of hydrogen-bond donors (Lipinski definition) is 2. The van der Waals surface area contributed by atoms with Gasteiger partial charge in [-0.1, -0.05) is 19.1 Å². The van der Waals surface area contributed by atoms with Crippen molar-refractivity contribution >= 4 is 23.0 Å². The number of carbonyl (C=O) groups is 1. The monoisotopic (exact) mass is 327 g/mol. The Balaban J connectivity index is 1.86. The number of rotatable bonds is 3. The minimum atomic E-state index is -0.535. The summed E-state index contributed by atoms with van der Waals surface area (Å²) >= 11 is 0. The van der Waals surface area contributed by atoms with E-state index >= 15 is 0 Å². The predicted molar refractivity (Wildman–Crippen MR) is 95.8 cm³/mol. The lowest BCUT2D eigenvalue weighted by Gasteiger charge is -2.33.